The van der Waals surface area contributed by atoms with Crippen LogP contribution < -0.4 is 10.1 Å². The molecule has 3 heteroatoms. The third-order valence-electron chi connectivity index (χ3n) is 2.72. The van der Waals surface area contributed by atoms with Crippen LogP contribution in [0.3, 0.4) is 0 Å². The molecule has 1 N–H and O–H groups in total. The largest absolute Gasteiger partial charge is 0.494 e. The van der Waals surface area contributed by atoms with Gasteiger partial charge in [-0.2, -0.15) is 0 Å². The molecule has 0 spiro atoms. The highest BCUT2D eigenvalue weighted by atomic mass is 16.5. The van der Waals surface area contributed by atoms with Crippen molar-refractivity contribution in [2.75, 3.05) is 6.61 Å². The Morgan fingerprint density at radius 2 is 2.00 bits per heavy atom. The third kappa shape index (κ3) is 5.77. The van der Waals surface area contributed by atoms with Gasteiger partial charge in [0, 0.05) is 13.0 Å². The Bertz CT molecular complexity index is 433. The number of hydrogen-bond acceptors (Lipinski definition) is 2. The average Bonchev–Trinajstić information content (AvgIpc) is 2.27. The van der Waals surface area contributed by atoms with E-state index in [1.165, 1.54) is 0 Å². The quantitative estimate of drug-likeness (QED) is 0.883. The van der Waals surface area contributed by atoms with Gasteiger partial charge < -0.3 is 10.1 Å². The lowest BCUT2D eigenvalue weighted by Crippen LogP contribution is -2.27. The van der Waals surface area contributed by atoms with Crippen molar-refractivity contribution in [1.29, 1.82) is 0 Å². The van der Waals surface area contributed by atoms with Gasteiger partial charge in [-0.05, 0) is 36.5 Å². The van der Waals surface area contributed by atoms with Gasteiger partial charge in [0.25, 0.3) is 0 Å². The molecular formula is C16H25NO2. The van der Waals surface area contributed by atoms with Crippen LogP contribution in [0.4, 0.5) is 0 Å². The monoisotopic (exact) mass is 263 g/mol. The summed E-state index contributed by atoms with van der Waals surface area (Å²) in [6, 6.07) is 6.02. The minimum absolute atomic E-state index is 0.0266. The first-order chi connectivity index (χ1) is 8.81. The van der Waals surface area contributed by atoms with Crippen LogP contribution in [0.15, 0.2) is 18.2 Å². The Morgan fingerprint density at radius 3 is 2.53 bits per heavy atom. The number of carbonyl (C=O) groups is 1. The van der Waals surface area contributed by atoms with E-state index in [0.717, 1.165) is 16.9 Å². The molecule has 1 amide bonds. The van der Waals surface area contributed by atoms with Gasteiger partial charge in [0.2, 0.25) is 5.91 Å². The Morgan fingerprint density at radius 1 is 1.32 bits per heavy atom. The topological polar surface area (TPSA) is 38.3 Å². The molecule has 0 aromatic heterocycles. The Labute approximate surface area is 116 Å². The van der Waals surface area contributed by atoms with E-state index in [2.05, 4.69) is 32.2 Å². The van der Waals surface area contributed by atoms with E-state index in [-0.39, 0.29) is 11.3 Å². The van der Waals surface area contributed by atoms with Crippen molar-refractivity contribution in [1.82, 2.24) is 5.32 Å². The SMILES string of the molecule is CCOc1ccc(CNC(=O)CC(C)(C)C)cc1C. The van der Waals surface area contributed by atoms with E-state index in [1.54, 1.807) is 0 Å². The van der Waals surface area contributed by atoms with E-state index in [0.29, 0.717) is 19.6 Å². The molecule has 0 aliphatic rings. The minimum Gasteiger partial charge on any atom is -0.494 e. The molecule has 0 aliphatic heterocycles. The maximum atomic E-state index is 11.8. The number of ether oxygens (including phenoxy) is 1. The zero-order valence-corrected chi connectivity index (χ0v) is 12.7. The molecule has 0 bridgehead atoms. The van der Waals surface area contributed by atoms with Crippen LogP contribution in [-0.4, -0.2) is 12.5 Å². The highest BCUT2D eigenvalue weighted by Crippen LogP contribution is 2.20. The first-order valence-corrected chi connectivity index (χ1v) is 6.81. The predicted molar refractivity (Wildman–Crippen MR) is 78.3 cm³/mol. The minimum atomic E-state index is 0.0266. The van der Waals surface area contributed by atoms with Crippen molar-refractivity contribution in [2.24, 2.45) is 5.41 Å². The van der Waals surface area contributed by atoms with Gasteiger partial charge in [-0.3, -0.25) is 4.79 Å². The summed E-state index contributed by atoms with van der Waals surface area (Å²) < 4.78 is 5.50. The molecular weight excluding hydrogens is 238 g/mol. The summed E-state index contributed by atoms with van der Waals surface area (Å²) in [5.41, 5.74) is 2.23. The summed E-state index contributed by atoms with van der Waals surface area (Å²) in [7, 11) is 0. The zero-order valence-electron chi connectivity index (χ0n) is 12.7. The maximum Gasteiger partial charge on any atom is 0.220 e. The zero-order chi connectivity index (χ0) is 14.5. The highest BCUT2D eigenvalue weighted by molar-refractivity contribution is 5.76. The second-order valence-electron chi connectivity index (χ2n) is 6.05. The van der Waals surface area contributed by atoms with Crippen molar-refractivity contribution in [2.45, 2.75) is 47.6 Å². The molecule has 0 aliphatic carbocycles. The summed E-state index contributed by atoms with van der Waals surface area (Å²) in [4.78, 5) is 11.8. The number of hydrogen-bond donors (Lipinski definition) is 1. The van der Waals surface area contributed by atoms with Crippen LogP contribution in [0, 0.1) is 12.3 Å². The standard InChI is InChI=1S/C16H25NO2/c1-6-19-14-8-7-13(9-12(14)2)11-17-15(18)10-16(3,4)5/h7-9H,6,10-11H2,1-5H3,(H,17,18). The molecule has 19 heavy (non-hydrogen) atoms. The smallest absolute Gasteiger partial charge is 0.220 e. The second kappa shape index (κ2) is 6.60. The predicted octanol–water partition coefficient (Wildman–Crippen LogP) is 3.45. The van der Waals surface area contributed by atoms with E-state index in [9.17, 15) is 4.79 Å². The van der Waals surface area contributed by atoms with Crippen molar-refractivity contribution >= 4 is 5.91 Å². The van der Waals surface area contributed by atoms with E-state index in [1.807, 2.05) is 26.0 Å². The molecule has 0 unspecified atom stereocenters. The van der Waals surface area contributed by atoms with E-state index >= 15 is 0 Å². The molecule has 0 saturated heterocycles. The van der Waals surface area contributed by atoms with Gasteiger partial charge in [-0.1, -0.05) is 32.9 Å². The molecule has 1 aromatic carbocycles. The van der Waals surface area contributed by atoms with Crippen molar-refractivity contribution < 1.29 is 9.53 Å². The van der Waals surface area contributed by atoms with Gasteiger partial charge in [0.1, 0.15) is 5.75 Å². The molecule has 3 nitrogen and oxygen atoms in total. The molecule has 0 fully saturated rings. The lowest BCUT2D eigenvalue weighted by atomic mass is 9.92. The Balaban J connectivity index is 2.54. The molecule has 0 atom stereocenters. The number of amides is 1. The molecule has 0 heterocycles. The third-order valence-corrected chi connectivity index (χ3v) is 2.72. The maximum absolute atomic E-state index is 11.8. The molecule has 106 valence electrons. The Hall–Kier alpha value is -1.51. The van der Waals surface area contributed by atoms with Gasteiger partial charge >= 0.3 is 0 Å². The van der Waals surface area contributed by atoms with Gasteiger partial charge in [-0.15, -0.1) is 0 Å². The lowest BCUT2D eigenvalue weighted by Gasteiger charge is -2.17. The van der Waals surface area contributed by atoms with Crippen LogP contribution in [0.1, 0.15) is 45.2 Å². The first-order valence-electron chi connectivity index (χ1n) is 6.81. The van der Waals surface area contributed by atoms with Crippen LogP contribution >= 0.6 is 0 Å². The molecule has 0 radical (unpaired) electrons. The summed E-state index contributed by atoms with van der Waals surface area (Å²) in [6.45, 7) is 11.4. The van der Waals surface area contributed by atoms with Crippen molar-refractivity contribution in [3.63, 3.8) is 0 Å². The summed E-state index contributed by atoms with van der Waals surface area (Å²) >= 11 is 0. The number of benzene rings is 1. The van der Waals surface area contributed by atoms with Crippen LogP contribution in [0.5, 0.6) is 5.75 Å². The second-order valence-corrected chi connectivity index (χ2v) is 6.05. The van der Waals surface area contributed by atoms with Gasteiger partial charge in [0.05, 0.1) is 6.61 Å². The van der Waals surface area contributed by atoms with Crippen LogP contribution in [-0.2, 0) is 11.3 Å². The number of nitrogens with one attached hydrogen (secondary N) is 1. The normalized spacial score (nSPS) is 11.2. The fraction of sp³-hybridized carbons (Fsp3) is 0.562. The fourth-order valence-corrected chi connectivity index (χ4v) is 1.88. The summed E-state index contributed by atoms with van der Waals surface area (Å²) in [5.74, 6) is 1.01. The van der Waals surface area contributed by atoms with Crippen LogP contribution in [0.2, 0.25) is 0 Å². The first kappa shape index (κ1) is 15.5. The van der Waals surface area contributed by atoms with Gasteiger partial charge in [0.15, 0.2) is 0 Å². The lowest BCUT2D eigenvalue weighted by molar-refractivity contribution is -0.122. The van der Waals surface area contributed by atoms with Crippen molar-refractivity contribution in [3.8, 4) is 5.75 Å². The molecule has 0 saturated carbocycles. The Kier molecular flexibility index (Phi) is 5.40. The highest BCUT2D eigenvalue weighted by Gasteiger charge is 2.15. The van der Waals surface area contributed by atoms with Gasteiger partial charge in [-0.25, -0.2) is 0 Å². The average molecular weight is 263 g/mol. The molecule has 1 aromatic rings. The molecule has 1 rings (SSSR count). The number of carbonyl (C=O) groups excluding carboxylic acids is 1. The van der Waals surface area contributed by atoms with E-state index < -0.39 is 0 Å². The number of aryl methyl sites for hydroxylation is 1. The summed E-state index contributed by atoms with van der Waals surface area (Å²) in [6.07, 6.45) is 0.545. The van der Waals surface area contributed by atoms with Crippen molar-refractivity contribution in [3.05, 3.63) is 29.3 Å². The van der Waals surface area contributed by atoms with E-state index in [4.69, 9.17) is 4.74 Å². The van der Waals surface area contributed by atoms with Crippen LogP contribution in [0.25, 0.3) is 0 Å². The fourth-order valence-electron chi connectivity index (χ4n) is 1.88. The summed E-state index contributed by atoms with van der Waals surface area (Å²) in [5, 5.41) is 2.95. The number of rotatable bonds is 5.